The van der Waals surface area contributed by atoms with E-state index in [-0.39, 0.29) is 11.6 Å². The van der Waals surface area contributed by atoms with Crippen LogP contribution in [0, 0.1) is 0 Å². The number of nitrogens with zero attached hydrogens (tertiary/aromatic N) is 1. The molecule has 0 spiro atoms. The number of benzene rings is 1. The predicted molar refractivity (Wildman–Crippen MR) is 89.9 cm³/mol. The first-order valence-corrected chi connectivity index (χ1v) is 8.04. The lowest BCUT2D eigenvalue weighted by Crippen LogP contribution is -2.53. The van der Waals surface area contributed by atoms with E-state index in [4.69, 9.17) is 23.2 Å². The van der Waals surface area contributed by atoms with Gasteiger partial charge in [0.15, 0.2) is 0 Å². The number of likely N-dealkylation sites (N-methyl/N-ethyl adjacent to an activating group) is 2. The van der Waals surface area contributed by atoms with Crippen molar-refractivity contribution >= 4 is 23.2 Å². The zero-order chi connectivity index (χ0) is 15.3. The van der Waals surface area contributed by atoms with Crippen LogP contribution >= 0.6 is 23.2 Å². The fourth-order valence-electron chi connectivity index (χ4n) is 3.08. The lowest BCUT2D eigenvalue weighted by Gasteiger charge is -2.46. The van der Waals surface area contributed by atoms with E-state index < -0.39 is 0 Å². The highest BCUT2D eigenvalue weighted by Gasteiger charge is 2.39. The molecular formula is C16H26Cl2N2. The molecule has 1 N–H and O–H groups in total. The van der Waals surface area contributed by atoms with Gasteiger partial charge < -0.3 is 10.2 Å². The first-order valence-electron chi connectivity index (χ1n) is 7.28. The van der Waals surface area contributed by atoms with Crippen LogP contribution in [0.2, 0.25) is 10.0 Å². The summed E-state index contributed by atoms with van der Waals surface area (Å²) in [6.45, 7) is 7.47. The standard InChI is InChI=1S/C16H26Cl2N2/c1-6-16(7-2,20(4)5)15(19-8-3)13-11-12(17)9-10-14(13)18/h9-11,15,19H,6-8H2,1-5H3. The number of hydrogen-bond acceptors (Lipinski definition) is 2. The Labute approximate surface area is 133 Å². The molecule has 0 saturated carbocycles. The van der Waals surface area contributed by atoms with Crippen LogP contribution in [0.5, 0.6) is 0 Å². The average Bonchev–Trinajstić information content (AvgIpc) is 2.42. The van der Waals surface area contributed by atoms with E-state index in [1.54, 1.807) is 0 Å². The second kappa shape index (κ2) is 7.65. The van der Waals surface area contributed by atoms with Crippen LogP contribution in [0.25, 0.3) is 0 Å². The Morgan fingerprint density at radius 3 is 2.20 bits per heavy atom. The third kappa shape index (κ3) is 3.48. The second-order valence-electron chi connectivity index (χ2n) is 5.36. The maximum atomic E-state index is 6.43. The topological polar surface area (TPSA) is 15.3 Å². The van der Waals surface area contributed by atoms with Crippen molar-refractivity contribution in [1.82, 2.24) is 10.2 Å². The monoisotopic (exact) mass is 316 g/mol. The van der Waals surface area contributed by atoms with E-state index in [0.717, 1.165) is 35.0 Å². The molecule has 0 aliphatic carbocycles. The summed E-state index contributed by atoms with van der Waals surface area (Å²) in [7, 11) is 4.27. The van der Waals surface area contributed by atoms with E-state index in [2.05, 4.69) is 45.1 Å². The fraction of sp³-hybridized carbons (Fsp3) is 0.625. The van der Waals surface area contributed by atoms with Gasteiger partial charge in [-0.25, -0.2) is 0 Å². The van der Waals surface area contributed by atoms with E-state index >= 15 is 0 Å². The highest BCUT2D eigenvalue weighted by atomic mass is 35.5. The highest BCUT2D eigenvalue weighted by Crippen LogP contribution is 2.39. The SMILES string of the molecule is CCNC(c1cc(Cl)ccc1Cl)C(CC)(CC)N(C)C. The van der Waals surface area contributed by atoms with Crippen molar-refractivity contribution in [3.05, 3.63) is 33.8 Å². The molecule has 1 rings (SSSR count). The Kier molecular flexibility index (Phi) is 6.80. The van der Waals surface area contributed by atoms with Crippen LogP contribution in [0.4, 0.5) is 0 Å². The van der Waals surface area contributed by atoms with Gasteiger partial charge >= 0.3 is 0 Å². The largest absolute Gasteiger partial charge is 0.309 e. The maximum Gasteiger partial charge on any atom is 0.0522 e. The summed E-state index contributed by atoms with van der Waals surface area (Å²) in [6.07, 6.45) is 2.08. The van der Waals surface area contributed by atoms with E-state index in [1.807, 2.05) is 18.2 Å². The van der Waals surface area contributed by atoms with Gasteiger partial charge in [-0.2, -0.15) is 0 Å². The van der Waals surface area contributed by atoms with Crippen molar-refractivity contribution in [1.29, 1.82) is 0 Å². The Balaban J connectivity index is 3.38. The van der Waals surface area contributed by atoms with Crippen molar-refractivity contribution in [2.45, 2.75) is 45.2 Å². The molecule has 0 bridgehead atoms. The van der Waals surface area contributed by atoms with Gasteiger partial charge in [-0.15, -0.1) is 0 Å². The summed E-state index contributed by atoms with van der Waals surface area (Å²) < 4.78 is 0. The third-order valence-corrected chi connectivity index (χ3v) is 4.91. The number of hydrogen-bond donors (Lipinski definition) is 1. The summed E-state index contributed by atoms with van der Waals surface area (Å²) in [6, 6.07) is 5.87. The van der Waals surface area contributed by atoms with Crippen molar-refractivity contribution in [2.24, 2.45) is 0 Å². The van der Waals surface area contributed by atoms with E-state index in [0.29, 0.717) is 0 Å². The summed E-state index contributed by atoms with van der Waals surface area (Å²) in [5, 5.41) is 5.11. The van der Waals surface area contributed by atoms with Crippen molar-refractivity contribution in [2.75, 3.05) is 20.6 Å². The summed E-state index contributed by atoms with van der Waals surface area (Å²) in [5.41, 5.74) is 1.10. The molecule has 20 heavy (non-hydrogen) atoms. The minimum Gasteiger partial charge on any atom is -0.309 e. The number of nitrogens with one attached hydrogen (secondary N) is 1. The normalized spacial score (nSPS) is 13.8. The van der Waals surface area contributed by atoms with Crippen LogP contribution in [-0.4, -0.2) is 31.1 Å². The summed E-state index contributed by atoms with van der Waals surface area (Å²) in [5.74, 6) is 0. The van der Waals surface area contributed by atoms with Gasteiger partial charge in [0.2, 0.25) is 0 Å². The molecule has 0 aliphatic heterocycles. The summed E-state index contributed by atoms with van der Waals surface area (Å²) >= 11 is 12.6. The average molecular weight is 317 g/mol. The fourth-order valence-corrected chi connectivity index (χ4v) is 3.49. The quantitative estimate of drug-likeness (QED) is 0.779. The van der Waals surface area contributed by atoms with Crippen LogP contribution < -0.4 is 5.32 Å². The molecule has 114 valence electrons. The van der Waals surface area contributed by atoms with Gasteiger partial charge in [0, 0.05) is 15.6 Å². The van der Waals surface area contributed by atoms with E-state index in [1.165, 1.54) is 0 Å². The molecule has 1 atom stereocenters. The van der Waals surface area contributed by atoms with Crippen LogP contribution in [0.1, 0.15) is 45.2 Å². The lowest BCUT2D eigenvalue weighted by molar-refractivity contribution is 0.0889. The Hall–Kier alpha value is -0.280. The van der Waals surface area contributed by atoms with Crippen molar-refractivity contribution in [3.63, 3.8) is 0 Å². The molecular weight excluding hydrogens is 291 g/mol. The molecule has 0 aromatic heterocycles. The Bertz CT molecular complexity index is 428. The molecule has 4 heteroatoms. The first-order chi connectivity index (χ1) is 9.42. The molecule has 0 radical (unpaired) electrons. The number of rotatable bonds is 7. The molecule has 0 fully saturated rings. The zero-order valence-corrected chi connectivity index (χ0v) is 14.6. The van der Waals surface area contributed by atoms with E-state index in [9.17, 15) is 0 Å². The Morgan fingerprint density at radius 2 is 1.75 bits per heavy atom. The highest BCUT2D eigenvalue weighted by molar-refractivity contribution is 6.33. The minimum absolute atomic E-state index is 0.0182. The molecule has 1 aromatic carbocycles. The van der Waals surface area contributed by atoms with Crippen LogP contribution in [0.3, 0.4) is 0 Å². The molecule has 0 saturated heterocycles. The maximum absolute atomic E-state index is 6.43. The molecule has 1 unspecified atom stereocenters. The lowest BCUT2D eigenvalue weighted by atomic mass is 9.79. The van der Waals surface area contributed by atoms with Crippen LogP contribution in [-0.2, 0) is 0 Å². The van der Waals surface area contributed by atoms with Crippen LogP contribution in [0.15, 0.2) is 18.2 Å². The van der Waals surface area contributed by atoms with Gasteiger partial charge in [0.25, 0.3) is 0 Å². The molecule has 0 heterocycles. The first kappa shape index (κ1) is 17.8. The van der Waals surface area contributed by atoms with Gasteiger partial charge in [-0.1, -0.05) is 44.0 Å². The van der Waals surface area contributed by atoms with Crippen molar-refractivity contribution < 1.29 is 0 Å². The smallest absolute Gasteiger partial charge is 0.0522 e. The van der Waals surface area contributed by atoms with Gasteiger partial charge in [-0.3, -0.25) is 0 Å². The summed E-state index contributed by atoms with van der Waals surface area (Å²) in [4.78, 5) is 2.30. The second-order valence-corrected chi connectivity index (χ2v) is 6.21. The number of halogens is 2. The predicted octanol–water partition coefficient (Wildman–Crippen LogP) is 4.76. The molecule has 1 aromatic rings. The Morgan fingerprint density at radius 1 is 1.15 bits per heavy atom. The van der Waals surface area contributed by atoms with Gasteiger partial charge in [0.05, 0.1) is 6.04 Å². The van der Waals surface area contributed by atoms with Gasteiger partial charge in [0.1, 0.15) is 0 Å². The van der Waals surface area contributed by atoms with Crippen molar-refractivity contribution in [3.8, 4) is 0 Å². The third-order valence-electron chi connectivity index (χ3n) is 4.33. The zero-order valence-electron chi connectivity index (χ0n) is 13.1. The van der Waals surface area contributed by atoms with Gasteiger partial charge in [-0.05, 0) is 57.2 Å². The molecule has 0 amide bonds. The molecule has 2 nitrogen and oxygen atoms in total. The molecule has 0 aliphatic rings. The minimum atomic E-state index is 0.0182.